The van der Waals surface area contributed by atoms with Crippen molar-refractivity contribution in [2.75, 3.05) is 12.4 Å². The number of hydrogen-bond acceptors (Lipinski definition) is 6. The van der Waals surface area contributed by atoms with Crippen LogP contribution in [0.25, 0.3) is 0 Å². The summed E-state index contributed by atoms with van der Waals surface area (Å²) in [7, 11) is 3.49. The fourth-order valence-electron chi connectivity index (χ4n) is 2.40. The van der Waals surface area contributed by atoms with E-state index < -0.39 is 0 Å². The maximum Gasteiger partial charge on any atom is 0.241 e. The molecule has 0 aromatic heterocycles. The first kappa shape index (κ1) is 25.6. The molecule has 0 aliphatic heterocycles. The first-order chi connectivity index (χ1) is 13.6. The van der Waals surface area contributed by atoms with Gasteiger partial charge in [0.2, 0.25) is 5.91 Å². The number of hydrogen-bond donors (Lipinski definition) is 1. The van der Waals surface area contributed by atoms with E-state index in [1.165, 1.54) is 0 Å². The van der Waals surface area contributed by atoms with Crippen LogP contribution in [0.4, 0.5) is 0 Å². The SMILES string of the molecule is CCSSC(C)(C)CC(=O)N/N=C(\C)c1ccc(OCCCC(=O)C(C)C)cc1. The van der Waals surface area contributed by atoms with Gasteiger partial charge in [0.25, 0.3) is 0 Å². The number of Topliss-reactive ketones (excluding diaryl/α,β-unsaturated/α-hetero) is 1. The van der Waals surface area contributed by atoms with E-state index in [2.05, 4.69) is 31.3 Å². The Bertz CT molecular complexity index is 686. The number of nitrogens with one attached hydrogen (secondary N) is 1. The average Bonchev–Trinajstić information content (AvgIpc) is 2.67. The highest BCUT2D eigenvalue weighted by molar-refractivity contribution is 8.77. The van der Waals surface area contributed by atoms with Gasteiger partial charge in [-0.05, 0) is 57.0 Å². The molecule has 1 N–H and O–H groups in total. The standard InChI is InChI=1S/C22H34N2O3S2/c1-7-28-29-22(5,6)15-21(26)24-23-17(4)18-10-12-19(13-11-18)27-14-8-9-20(25)16(2)3/h10-13,16H,7-9,14-15H2,1-6H3,(H,24,26)/b23-17+. The molecule has 0 radical (unpaired) electrons. The maximum absolute atomic E-state index is 12.2. The molecule has 1 amide bonds. The van der Waals surface area contributed by atoms with Crippen LogP contribution in [0.3, 0.4) is 0 Å². The monoisotopic (exact) mass is 438 g/mol. The number of hydrazone groups is 1. The predicted octanol–water partition coefficient (Wildman–Crippen LogP) is 5.48. The summed E-state index contributed by atoms with van der Waals surface area (Å²) in [6.07, 6.45) is 1.68. The van der Waals surface area contributed by atoms with Crippen LogP contribution in [0.15, 0.2) is 29.4 Å². The minimum absolute atomic E-state index is 0.0806. The van der Waals surface area contributed by atoms with Crippen molar-refractivity contribution in [1.82, 2.24) is 5.43 Å². The predicted molar refractivity (Wildman–Crippen MR) is 126 cm³/mol. The van der Waals surface area contributed by atoms with Crippen molar-refractivity contribution >= 4 is 39.0 Å². The maximum atomic E-state index is 12.2. The number of ketones is 1. The number of ether oxygens (including phenoxy) is 1. The minimum atomic E-state index is -0.132. The minimum Gasteiger partial charge on any atom is -0.494 e. The summed E-state index contributed by atoms with van der Waals surface area (Å²) in [6.45, 7) is 12.4. The largest absolute Gasteiger partial charge is 0.494 e. The van der Waals surface area contributed by atoms with Crippen molar-refractivity contribution in [1.29, 1.82) is 0 Å². The fourth-order valence-corrected chi connectivity index (χ4v) is 4.52. The summed E-state index contributed by atoms with van der Waals surface area (Å²) in [5.41, 5.74) is 4.31. The fraction of sp³-hybridized carbons (Fsp3) is 0.591. The Morgan fingerprint density at radius 1 is 1.21 bits per heavy atom. The van der Waals surface area contributed by atoms with Crippen LogP contribution in [0.2, 0.25) is 0 Å². The molecule has 0 unspecified atom stereocenters. The molecule has 1 aromatic rings. The lowest BCUT2D eigenvalue weighted by Gasteiger charge is -2.21. The molecular formula is C22H34N2O3S2. The van der Waals surface area contributed by atoms with Gasteiger partial charge in [0.15, 0.2) is 0 Å². The van der Waals surface area contributed by atoms with Gasteiger partial charge in [-0.2, -0.15) is 5.10 Å². The van der Waals surface area contributed by atoms with Crippen molar-refractivity contribution in [2.24, 2.45) is 11.0 Å². The van der Waals surface area contributed by atoms with E-state index in [4.69, 9.17) is 4.74 Å². The third-order valence-corrected chi connectivity index (χ3v) is 7.45. The lowest BCUT2D eigenvalue weighted by Crippen LogP contribution is -2.27. The number of nitrogens with zero attached hydrogens (tertiary/aromatic N) is 1. The van der Waals surface area contributed by atoms with Gasteiger partial charge in [-0.3, -0.25) is 9.59 Å². The lowest BCUT2D eigenvalue weighted by atomic mass is 10.1. The molecular weight excluding hydrogens is 404 g/mol. The van der Waals surface area contributed by atoms with Crippen molar-refractivity contribution in [3.8, 4) is 5.75 Å². The summed E-state index contributed by atoms with van der Waals surface area (Å²) in [4.78, 5) is 23.8. The molecule has 0 saturated heterocycles. The van der Waals surface area contributed by atoms with Gasteiger partial charge in [0.05, 0.1) is 12.3 Å². The summed E-state index contributed by atoms with van der Waals surface area (Å²) in [6, 6.07) is 7.58. The molecule has 5 nitrogen and oxygen atoms in total. The van der Waals surface area contributed by atoms with Crippen LogP contribution in [0.1, 0.15) is 66.4 Å². The Balaban J connectivity index is 2.47. The van der Waals surface area contributed by atoms with E-state index in [-0.39, 0.29) is 22.4 Å². The van der Waals surface area contributed by atoms with E-state index in [9.17, 15) is 9.59 Å². The van der Waals surface area contributed by atoms with Gasteiger partial charge >= 0.3 is 0 Å². The molecule has 0 fully saturated rings. The Labute approximate surface area is 183 Å². The van der Waals surface area contributed by atoms with Gasteiger partial charge in [-0.1, -0.05) is 42.4 Å². The molecule has 162 valence electrons. The van der Waals surface area contributed by atoms with Gasteiger partial charge in [-0.25, -0.2) is 5.43 Å². The number of benzene rings is 1. The van der Waals surface area contributed by atoms with Crippen LogP contribution >= 0.6 is 21.6 Å². The number of carbonyl (C=O) groups is 2. The Morgan fingerprint density at radius 3 is 2.45 bits per heavy atom. The van der Waals surface area contributed by atoms with E-state index in [0.29, 0.717) is 19.4 Å². The average molecular weight is 439 g/mol. The number of carbonyl (C=O) groups excluding carboxylic acids is 2. The summed E-state index contributed by atoms with van der Waals surface area (Å²) in [5, 5.41) is 4.22. The van der Waals surface area contributed by atoms with Crippen molar-refractivity contribution in [3.05, 3.63) is 29.8 Å². The molecule has 0 atom stereocenters. The summed E-state index contributed by atoms with van der Waals surface area (Å²) in [5.74, 6) is 2.04. The van der Waals surface area contributed by atoms with E-state index >= 15 is 0 Å². The van der Waals surface area contributed by atoms with Crippen molar-refractivity contribution < 1.29 is 14.3 Å². The summed E-state index contributed by atoms with van der Waals surface area (Å²) >= 11 is 0. The number of amides is 1. The highest BCUT2D eigenvalue weighted by atomic mass is 33.1. The van der Waals surface area contributed by atoms with Gasteiger partial charge in [-0.15, -0.1) is 0 Å². The molecule has 7 heteroatoms. The Morgan fingerprint density at radius 2 is 1.86 bits per heavy atom. The normalized spacial score (nSPS) is 12.2. The molecule has 0 heterocycles. The third kappa shape index (κ3) is 10.8. The molecule has 0 saturated carbocycles. The molecule has 0 aliphatic rings. The third-order valence-electron chi connectivity index (χ3n) is 4.09. The molecule has 0 bridgehead atoms. The summed E-state index contributed by atoms with van der Waals surface area (Å²) < 4.78 is 5.56. The topological polar surface area (TPSA) is 67.8 Å². The molecule has 1 rings (SSSR count). The van der Waals surface area contributed by atoms with E-state index in [1.807, 2.05) is 45.0 Å². The van der Waals surface area contributed by atoms with E-state index in [1.54, 1.807) is 21.6 Å². The second kappa shape index (κ2) is 13.0. The molecule has 1 aromatic carbocycles. The van der Waals surface area contributed by atoms with Crippen LogP contribution in [0, 0.1) is 5.92 Å². The van der Waals surface area contributed by atoms with Crippen LogP contribution in [0.5, 0.6) is 5.75 Å². The Kier molecular flexibility index (Phi) is 11.4. The first-order valence-corrected chi connectivity index (χ1v) is 12.4. The highest BCUT2D eigenvalue weighted by Gasteiger charge is 2.22. The number of rotatable bonds is 13. The second-order valence-electron chi connectivity index (χ2n) is 7.76. The molecule has 0 aliphatic carbocycles. The van der Waals surface area contributed by atoms with Gasteiger partial charge in [0, 0.05) is 29.3 Å². The van der Waals surface area contributed by atoms with Gasteiger partial charge in [0.1, 0.15) is 11.5 Å². The smallest absolute Gasteiger partial charge is 0.241 e. The van der Waals surface area contributed by atoms with Crippen LogP contribution in [-0.2, 0) is 9.59 Å². The van der Waals surface area contributed by atoms with Crippen LogP contribution in [-0.4, -0.2) is 34.5 Å². The molecule has 0 spiro atoms. The Hall–Kier alpha value is -1.47. The van der Waals surface area contributed by atoms with Gasteiger partial charge < -0.3 is 4.74 Å². The highest BCUT2D eigenvalue weighted by Crippen LogP contribution is 2.37. The zero-order chi connectivity index (χ0) is 21.9. The van der Waals surface area contributed by atoms with Crippen molar-refractivity contribution in [2.45, 2.75) is 65.6 Å². The van der Waals surface area contributed by atoms with Crippen molar-refractivity contribution in [3.63, 3.8) is 0 Å². The first-order valence-electron chi connectivity index (χ1n) is 10.0. The lowest BCUT2D eigenvalue weighted by molar-refractivity contribution is -0.122. The zero-order valence-corrected chi connectivity index (χ0v) is 20.0. The molecule has 29 heavy (non-hydrogen) atoms. The van der Waals surface area contributed by atoms with Crippen LogP contribution < -0.4 is 10.2 Å². The zero-order valence-electron chi connectivity index (χ0n) is 18.4. The van der Waals surface area contributed by atoms with E-state index in [0.717, 1.165) is 29.2 Å². The second-order valence-corrected chi connectivity index (χ2v) is 11.0. The quantitative estimate of drug-likeness (QED) is 0.191.